The van der Waals surface area contributed by atoms with Gasteiger partial charge >= 0.3 is 17.9 Å². The number of carbonyl (C=O) groups is 3. The Bertz CT molecular complexity index is 1060. The van der Waals surface area contributed by atoms with Crippen LogP contribution in [-0.2, 0) is 33.3 Å². The number of nitrogens with zero attached hydrogens (tertiary/aromatic N) is 5. The molecule has 0 saturated carbocycles. The van der Waals surface area contributed by atoms with Crippen LogP contribution in [0.1, 0.15) is 32.8 Å². The van der Waals surface area contributed by atoms with Crippen LogP contribution in [0.2, 0.25) is 0 Å². The van der Waals surface area contributed by atoms with Gasteiger partial charge in [0.25, 0.3) is 0 Å². The molecular formula is C18H20N6O7. The van der Waals surface area contributed by atoms with E-state index >= 15 is 0 Å². The molecule has 4 atom stereocenters. The van der Waals surface area contributed by atoms with E-state index in [0.717, 1.165) is 0 Å². The third-order valence-electron chi connectivity index (χ3n) is 4.37. The summed E-state index contributed by atoms with van der Waals surface area (Å²) in [7, 11) is 1.61. The highest BCUT2D eigenvalue weighted by Crippen LogP contribution is 2.36. The summed E-state index contributed by atoms with van der Waals surface area (Å²) < 4.78 is 23.2. The highest BCUT2D eigenvalue weighted by Gasteiger charge is 2.51. The minimum absolute atomic E-state index is 0.117. The SMILES string of the molecule is CNc1nc(C#N)nc2c1ncn2[C@@H]1O[C@H](COC(C)=O)[C@@H](OC(C)=O)[C@H]1OC(C)=O. The van der Waals surface area contributed by atoms with Gasteiger partial charge in [0.2, 0.25) is 5.82 Å². The van der Waals surface area contributed by atoms with Crippen LogP contribution in [0.3, 0.4) is 0 Å². The zero-order chi connectivity index (χ0) is 22.7. The van der Waals surface area contributed by atoms with Crippen molar-refractivity contribution in [1.82, 2.24) is 19.5 Å². The minimum Gasteiger partial charge on any atom is -0.463 e. The molecule has 13 heteroatoms. The van der Waals surface area contributed by atoms with Crippen molar-refractivity contribution in [2.75, 3.05) is 19.0 Å². The normalized spacial score (nSPS) is 22.5. The topological polar surface area (TPSA) is 168 Å². The summed E-state index contributed by atoms with van der Waals surface area (Å²) in [6, 6.07) is 1.86. The van der Waals surface area contributed by atoms with Gasteiger partial charge in [-0.05, 0) is 0 Å². The zero-order valence-corrected chi connectivity index (χ0v) is 17.2. The highest BCUT2D eigenvalue weighted by atomic mass is 16.7. The van der Waals surface area contributed by atoms with Crippen LogP contribution in [0.15, 0.2) is 6.33 Å². The lowest BCUT2D eigenvalue weighted by atomic mass is 10.1. The second-order valence-corrected chi connectivity index (χ2v) is 6.60. The average Bonchev–Trinajstić information content (AvgIpc) is 3.26. The molecule has 1 N–H and O–H groups in total. The Kier molecular flexibility index (Phi) is 6.30. The highest BCUT2D eigenvalue weighted by molar-refractivity contribution is 5.83. The summed E-state index contributed by atoms with van der Waals surface area (Å²) in [4.78, 5) is 47.2. The predicted molar refractivity (Wildman–Crippen MR) is 101 cm³/mol. The Morgan fingerprint density at radius 3 is 2.42 bits per heavy atom. The van der Waals surface area contributed by atoms with Crippen molar-refractivity contribution in [2.24, 2.45) is 0 Å². The summed E-state index contributed by atoms with van der Waals surface area (Å²) >= 11 is 0. The third kappa shape index (κ3) is 4.53. The fraction of sp³-hybridized carbons (Fsp3) is 0.500. The molecule has 1 saturated heterocycles. The first-order valence-corrected chi connectivity index (χ1v) is 9.20. The van der Waals surface area contributed by atoms with Crippen molar-refractivity contribution >= 4 is 34.9 Å². The number of fused-ring (bicyclic) bond motifs is 1. The summed E-state index contributed by atoms with van der Waals surface area (Å²) in [5, 5.41) is 12.1. The molecular weight excluding hydrogens is 412 g/mol. The van der Waals surface area contributed by atoms with Crippen LogP contribution >= 0.6 is 0 Å². The first-order valence-electron chi connectivity index (χ1n) is 9.20. The van der Waals surface area contributed by atoms with Gasteiger partial charge in [0.05, 0.1) is 6.33 Å². The molecule has 164 valence electrons. The molecule has 1 fully saturated rings. The van der Waals surface area contributed by atoms with Gasteiger partial charge in [-0.1, -0.05) is 0 Å². The van der Waals surface area contributed by atoms with Crippen molar-refractivity contribution < 1.29 is 33.3 Å². The maximum atomic E-state index is 11.8. The van der Waals surface area contributed by atoms with Gasteiger partial charge in [-0.2, -0.15) is 15.2 Å². The number of hydrogen-bond acceptors (Lipinski definition) is 12. The van der Waals surface area contributed by atoms with E-state index in [9.17, 15) is 19.6 Å². The number of anilines is 1. The maximum absolute atomic E-state index is 11.8. The quantitative estimate of drug-likeness (QED) is 0.482. The Hall–Kier alpha value is -3.79. The molecule has 0 unspecified atom stereocenters. The third-order valence-corrected chi connectivity index (χ3v) is 4.37. The van der Waals surface area contributed by atoms with E-state index in [1.807, 2.05) is 6.07 Å². The van der Waals surface area contributed by atoms with Crippen molar-refractivity contribution in [1.29, 1.82) is 5.26 Å². The molecule has 2 aromatic heterocycles. The summed E-state index contributed by atoms with van der Waals surface area (Å²) in [5.41, 5.74) is 0.576. The van der Waals surface area contributed by atoms with Gasteiger partial charge in [0.15, 0.2) is 35.4 Å². The average molecular weight is 432 g/mol. The number of imidazole rings is 1. The Labute approximate surface area is 176 Å². The van der Waals surface area contributed by atoms with Crippen LogP contribution in [-0.4, -0.2) is 69.4 Å². The molecule has 0 radical (unpaired) electrons. The summed E-state index contributed by atoms with van der Waals surface area (Å²) in [6.45, 7) is 3.37. The number of nitrogens with one attached hydrogen (secondary N) is 1. The molecule has 13 nitrogen and oxygen atoms in total. The van der Waals surface area contributed by atoms with E-state index in [2.05, 4.69) is 20.3 Å². The molecule has 3 heterocycles. The molecule has 31 heavy (non-hydrogen) atoms. The van der Waals surface area contributed by atoms with E-state index in [-0.39, 0.29) is 18.1 Å². The Balaban J connectivity index is 2.08. The Morgan fingerprint density at radius 2 is 1.84 bits per heavy atom. The number of ether oxygens (including phenoxy) is 4. The molecule has 0 spiro atoms. The van der Waals surface area contributed by atoms with Crippen molar-refractivity contribution in [3.8, 4) is 6.07 Å². The molecule has 1 aliphatic heterocycles. The van der Waals surface area contributed by atoms with Crippen LogP contribution in [0.25, 0.3) is 11.2 Å². The van der Waals surface area contributed by atoms with Crippen molar-refractivity contribution in [3.63, 3.8) is 0 Å². The van der Waals surface area contributed by atoms with Crippen molar-refractivity contribution in [3.05, 3.63) is 12.2 Å². The van der Waals surface area contributed by atoms with Crippen molar-refractivity contribution in [2.45, 2.75) is 45.3 Å². The van der Waals surface area contributed by atoms with Crippen LogP contribution in [0.5, 0.6) is 0 Å². The van der Waals surface area contributed by atoms with Gasteiger partial charge < -0.3 is 24.3 Å². The number of nitriles is 1. The predicted octanol–water partition coefficient (Wildman–Crippen LogP) is 0.0636. The number of hydrogen-bond donors (Lipinski definition) is 1. The van der Waals surface area contributed by atoms with Gasteiger partial charge in [-0.25, -0.2) is 4.98 Å². The largest absolute Gasteiger partial charge is 0.463 e. The van der Waals surface area contributed by atoms with Gasteiger partial charge in [0.1, 0.15) is 18.8 Å². The minimum atomic E-state index is -1.10. The first kappa shape index (κ1) is 21.9. The molecule has 0 amide bonds. The van der Waals surface area contributed by atoms with E-state index < -0.39 is 42.4 Å². The monoisotopic (exact) mass is 432 g/mol. The van der Waals surface area contributed by atoms with E-state index in [0.29, 0.717) is 11.3 Å². The van der Waals surface area contributed by atoms with Crippen LogP contribution < -0.4 is 5.32 Å². The number of esters is 3. The van der Waals surface area contributed by atoms with E-state index in [4.69, 9.17) is 18.9 Å². The van der Waals surface area contributed by atoms with E-state index in [1.54, 1.807) is 7.05 Å². The molecule has 1 aliphatic rings. The number of carbonyl (C=O) groups excluding carboxylic acids is 3. The molecule has 0 bridgehead atoms. The molecule has 2 aromatic rings. The summed E-state index contributed by atoms with van der Waals surface area (Å²) in [5.74, 6) is -1.64. The van der Waals surface area contributed by atoms with Gasteiger partial charge in [-0.3, -0.25) is 19.0 Å². The standard InChI is InChI=1S/C18H20N6O7/c1-8(25)28-6-11-14(29-9(2)26)15(30-10(3)27)18(31-11)24-7-21-13-16(20-4)22-12(5-19)23-17(13)24/h7,11,14-15,18H,6H2,1-4H3,(H,20,22,23)/t11-,14-,15-,18-/m1/s1. The van der Waals surface area contributed by atoms with Gasteiger partial charge in [0, 0.05) is 27.8 Å². The van der Waals surface area contributed by atoms with Crippen LogP contribution in [0.4, 0.5) is 5.82 Å². The molecule has 0 aliphatic carbocycles. The van der Waals surface area contributed by atoms with Gasteiger partial charge in [-0.15, -0.1) is 0 Å². The fourth-order valence-electron chi connectivity index (χ4n) is 3.24. The Morgan fingerprint density at radius 1 is 1.16 bits per heavy atom. The molecule has 3 rings (SSSR count). The fourth-order valence-corrected chi connectivity index (χ4v) is 3.24. The number of rotatable bonds is 6. The lowest BCUT2D eigenvalue weighted by molar-refractivity contribution is -0.166. The second-order valence-electron chi connectivity index (χ2n) is 6.60. The number of aromatic nitrogens is 4. The smallest absolute Gasteiger partial charge is 0.303 e. The zero-order valence-electron chi connectivity index (χ0n) is 17.2. The molecule has 0 aromatic carbocycles. The van der Waals surface area contributed by atoms with E-state index in [1.165, 1.54) is 31.7 Å². The lowest BCUT2D eigenvalue weighted by Gasteiger charge is -2.23. The summed E-state index contributed by atoms with van der Waals surface area (Å²) in [6.07, 6.45) is -2.76. The second kappa shape index (κ2) is 8.92. The van der Waals surface area contributed by atoms with Crippen LogP contribution in [0, 0.1) is 11.3 Å². The maximum Gasteiger partial charge on any atom is 0.303 e. The first-order chi connectivity index (χ1) is 14.7. The lowest BCUT2D eigenvalue weighted by Crippen LogP contribution is -2.40.